The molecule has 0 radical (unpaired) electrons. The molecule has 0 unspecified atom stereocenters. The van der Waals surface area contributed by atoms with Gasteiger partial charge in [-0.1, -0.05) is 24.3 Å². The van der Waals surface area contributed by atoms with Crippen molar-refractivity contribution in [2.24, 2.45) is 0 Å². The standard InChI is InChI=1S/C37H41N3O3/c1-37(2,3)43-36(41)38-22-23-12-14-24(15-13-23)31-29-20-25-8-4-16-39-18-6-10-27(32(25)39)34(29)42-35-28-11-7-19-40-17-5-9-26(33(28)40)21-30(31)35/h12-15,20-21H,4-11,16-19,22H2,1-3H3/p+1. The summed E-state index contributed by atoms with van der Waals surface area (Å²) >= 11 is 0. The Balaban J connectivity index is 1.30. The molecule has 8 rings (SSSR count). The highest BCUT2D eigenvalue weighted by molar-refractivity contribution is 5.89. The maximum absolute atomic E-state index is 12.3. The van der Waals surface area contributed by atoms with Gasteiger partial charge >= 0.3 is 6.09 Å². The minimum atomic E-state index is -0.514. The molecule has 3 aromatic carbocycles. The van der Waals surface area contributed by atoms with Crippen LogP contribution >= 0.6 is 0 Å². The molecule has 0 aliphatic carbocycles. The van der Waals surface area contributed by atoms with Crippen molar-refractivity contribution in [1.29, 1.82) is 0 Å². The van der Waals surface area contributed by atoms with Gasteiger partial charge in [0.25, 0.3) is 0 Å². The van der Waals surface area contributed by atoms with Crippen molar-refractivity contribution in [1.82, 2.24) is 9.89 Å². The summed E-state index contributed by atoms with van der Waals surface area (Å²) in [7, 11) is 0. The average molecular weight is 577 g/mol. The Morgan fingerprint density at radius 3 is 2.42 bits per heavy atom. The van der Waals surface area contributed by atoms with Crippen LogP contribution in [-0.4, -0.2) is 37.9 Å². The lowest BCUT2D eigenvalue weighted by atomic mass is 9.82. The van der Waals surface area contributed by atoms with E-state index in [2.05, 4.69) is 51.2 Å². The second-order valence-corrected chi connectivity index (χ2v) is 13.9. The lowest BCUT2D eigenvalue weighted by molar-refractivity contribution is 0.0523. The van der Waals surface area contributed by atoms with E-state index in [1.54, 1.807) is 0 Å². The van der Waals surface area contributed by atoms with Gasteiger partial charge in [0.15, 0.2) is 0 Å². The van der Waals surface area contributed by atoms with Crippen molar-refractivity contribution in [3.63, 3.8) is 0 Å². The Morgan fingerprint density at radius 2 is 1.63 bits per heavy atom. The minimum Gasteiger partial charge on any atom is -0.455 e. The molecule has 222 valence electrons. The molecule has 6 nitrogen and oxygen atoms in total. The van der Waals surface area contributed by atoms with E-state index in [1.807, 2.05) is 20.8 Å². The number of nitrogens with one attached hydrogen (secondary N) is 1. The molecule has 5 aliphatic heterocycles. The van der Waals surface area contributed by atoms with E-state index >= 15 is 0 Å². The fourth-order valence-corrected chi connectivity index (χ4v) is 8.10. The first-order valence-electron chi connectivity index (χ1n) is 16.3. The Morgan fingerprint density at radius 1 is 0.907 bits per heavy atom. The average Bonchev–Trinajstić information content (AvgIpc) is 2.99. The third-order valence-electron chi connectivity index (χ3n) is 9.77. The molecule has 0 bridgehead atoms. The zero-order valence-electron chi connectivity index (χ0n) is 25.8. The normalized spacial score (nSPS) is 18.2. The van der Waals surface area contributed by atoms with Crippen molar-refractivity contribution >= 4 is 17.4 Å². The number of rotatable bonds is 3. The summed E-state index contributed by atoms with van der Waals surface area (Å²) in [4.78, 5) is 14.9. The number of hydrogen-bond acceptors (Lipinski definition) is 4. The predicted octanol–water partition coefficient (Wildman–Crippen LogP) is 5.15. The summed E-state index contributed by atoms with van der Waals surface area (Å²) in [6.45, 7) is 10.7. The van der Waals surface area contributed by atoms with Crippen molar-refractivity contribution < 1.29 is 14.3 Å². The number of alkyl carbamates (subject to hydrolysis) is 1. The third kappa shape index (κ3) is 4.61. The summed E-state index contributed by atoms with van der Waals surface area (Å²) in [5, 5.41) is 5.61. The van der Waals surface area contributed by atoms with Gasteiger partial charge in [0.2, 0.25) is 5.36 Å². The maximum atomic E-state index is 12.3. The van der Waals surface area contributed by atoms with Gasteiger partial charge in [-0.05, 0) is 88.1 Å². The number of ether oxygens (including phenoxy) is 2. The van der Waals surface area contributed by atoms with Gasteiger partial charge < -0.3 is 19.7 Å². The third-order valence-corrected chi connectivity index (χ3v) is 9.77. The predicted molar refractivity (Wildman–Crippen MR) is 170 cm³/mol. The molecule has 0 aromatic heterocycles. The molecular formula is C37H42N3O3+. The summed E-state index contributed by atoms with van der Waals surface area (Å²) in [5.41, 5.74) is 11.5. The van der Waals surface area contributed by atoms with Gasteiger partial charge in [-0.25, -0.2) is 9.37 Å². The second kappa shape index (κ2) is 10.1. The Bertz CT molecular complexity index is 1780. The van der Waals surface area contributed by atoms with Crippen LogP contribution in [0.5, 0.6) is 11.5 Å². The van der Waals surface area contributed by atoms with Crippen LogP contribution in [0.2, 0.25) is 0 Å². The Hall–Kier alpha value is -3.80. The van der Waals surface area contributed by atoms with Crippen LogP contribution in [0.3, 0.4) is 0 Å². The van der Waals surface area contributed by atoms with E-state index in [-0.39, 0.29) is 6.09 Å². The van der Waals surface area contributed by atoms with Crippen LogP contribution in [0.15, 0.2) is 36.4 Å². The number of nitrogens with zero attached hydrogens (tertiary/aromatic N) is 2. The molecule has 6 heteroatoms. The summed E-state index contributed by atoms with van der Waals surface area (Å²) in [6.07, 6.45) is 8.81. The highest BCUT2D eigenvalue weighted by Gasteiger charge is 2.35. The number of fused-ring (bicyclic) bond motifs is 4. The van der Waals surface area contributed by atoms with Gasteiger partial charge in [0, 0.05) is 65.6 Å². The van der Waals surface area contributed by atoms with Crippen molar-refractivity contribution in [2.45, 2.75) is 84.3 Å². The molecule has 0 atom stereocenters. The van der Waals surface area contributed by atoms with E-state index in [9.17, 15) is 4.79 Å². The van der Waals surface area contributed by atoms with Crippen LogP contribution < -0.4 is 30.1 Å². The number of carbonyl (C=O) groups is 1. The summed E-state index contributed by atoms with van der Waals surface area (Å²) < 4.78 is 15.2. The Kier molecular flexibility index (Phi) is 6.32. The number of carbonyl (C=O) groups excluding carboxylic acids is 1. The number of anilines is 1. The second-order valence-electron chi connectivity index (χ2n) is 13.9. The maximum Gasteiger partial charge on any atom is 0.407 e. The van der Waals surface area contributed by atoms with Crippen molar-refractivity contribution in [2.75, 3.05) is 31.1 Å². The van der Waals surface area contributed by atoms with Crippen LogP contribution in [0.1, 0.15) is 85.4 Å². The first-order valence-corrected chi connectivity index (χ1v) is 16.3. The first kappa shape index (κ1) is 26.8. The van der Waals surface area contributed by atoms with Gasteiger partial charge in [-0.2, -0.15) is 0 Å². The molecule has 0 fully saturated rings. The van der Waals surface area contributed by atoms with E-state index < -0.39 is 5.60 Å². The molecule has 5 heterocycles. The summed E-state index contributed by atoms with van der Waals surface area (Å²) in [5.74, 6) is 2.18. The fourth-order valence-electron chi connectivity index (χ4n) is 8.10. The van der Waals surface area contributed by atoms with E-state index in [0.29, 0.717) is 6.54 Å². The van der Waals surface area contributed by atoms with Gasteiger partial charge in [-0.3, -0.25) is 0 Å². The molecule has 0 saturated carbocycles. The molecule has 0 saturated heterocycles. The molecule has 1 amide bonds. The van der Waals surface area contributed by atoms with Crippen LogP contribution in [0.25, 0.3) is 5.57 Å². The minimum absolute atomic E-state index is 0.390. The molecule has 5 aliphatic rings. The highest BCUT2D eigenvalue weighted by Crippen LogP contribution is 2.48. The molecule has 0 spiro atoms. The monoisotopic (exact) mass is 576 g/mol. The quantitative estimate of drug-likeness (QED) is 0.343. The zero-order valence-corrected chi connectivity index (χ0v) is 25.8. The molecular weight excluding hydrogens is 534 g/mol. The van der Waals surface area contributed by atoms with E-state index in [0.717, 1.165) is 68.9 Å². The first-order chi connectivity index (χ1) is 20.8. The molecule has 3 aromatic rings. The number of aryl methyl sites for hydroxylation is 2. The van der Waals surface area contributed by atoms with Crippen LogP contribution in [0, 0.1) is 0 Å². The van der Waals surface area contributed by atoms with E-state index in [4.69, 9.17) is 9.47 Å². The topological polar surface area (TPSA) is 53.8 Å². The summed E-state index contributed by atoms with van der Waals surface area (Å²) in [6, 6.07) is 13.7. The largest absolute Gasteiger partial charge is 0.455 e. The van der Waals surface area contributed by atoms with Crippen LogP contribution in [0.4, 0.5) is 10.5 Å². The van der Waals surface area contributed by atoms with Crippen molar-refractivity contribution in [3.05, 3.63) is 85.9 Å². The number of hydrogen-bond donors (Lipinski definition) is 1. The van der Waals surface area contributed by atoms with Gasteiger partial charge in [0.1, 0.15) is 30.2 Å². The lowest BCUT2D eigenvalue weighted by Gasteiger charge is -2.39. The molecule has 43 heavy (non-hydrogen) atoms. The van der Waals surface area contributed by atoms with Gasteiger partial charge in [-0.15, -0.1) is 0 Å². The Labute approximate surface area is 254 Å². The number of benzene rings is 3. The molecule has 1 N–H and O–H groups in total. The number of amides is 1. The highest BCUT2D eigenvalue weighted by atomic mass is 16.6. The smallest absolute Gasteiger partial charge is 0.407 e. The van der Waals surface area contributed by atoms with Gasteiger partial charge in [0.05, 0.1) is 5.56 Å². The van der Waals surface area contributed by atoms with Crippen molar-refractivity contribution in [3.8, 4) is 11.5 Å². The van der Waals surface area contributed by atoms with E-state index in [1.165, 1.54) is 80.9 Å². The SMILES string of the molecule is CC(C)(C)OC(=O)NCc1ccc(C2=c3cc4c5c(c3Oc3c2cc2c6c3CCCN6CCC2)CCC[N+]=5CCC4)cc1. The zero-order chi connectivity index (χ0) is 29.3. The van der Waals surface area contributed by atoms with Crippen LogP contribution in [-0.2, 0) is 37.0 Å². The lowest BCUT2D eigenvalue weighted by Crippen LogP contribution is -2.45. The fraction of sp³-hybridized carbons (Fsp3) is 0.459.